The van der Waals surface area contributed by atoms with E-state index in [-0.39, 0.29) is 24.1 Å². The first kappa shape index (κ1) is 21.7. The molecule has 0 aliphatic carbocycles. The molecular weight excluding hydrogens is 419 g/mol. The molecule has 1 aliphatic rings. The molecule has 0 spiro atoms. The van der Waals surface area contributed by atoms with Gasteiger partial charge in [-0.25, -0.2) is 12.8 Å². The Morgan fingerprint density at radius 2 is 1.86 bits per heavy atom. The molecule has 29 heavy (non-hydrogen) atoms. The SMILES string of the molecule is O=C(CN(Cc1ccc(F)cc1)S(=O)(=O)c1ccc(Cl)cc1)NC[C@@H]1CCCO1. The van der Waals surface area contributed by atoms with Crippen LogP contribution >= 0.6 is 11.6 Å². The van der Waals surface area contributed by atoms with Crippen LogP contribution in [0.5, 0.6) is 0 Å². The normalized spacial score (nSPS) is 16.9. The van der Waals surface area contributed by atoms with Crippen molar-refractivity contribution in [1.82, 2.24) is 9.62 Å². The van der Waals surface area contributed by atoms with Gasteiger partial charge in [-0.1, -0.05) is 23.7 Å². The molecule has 2 aromatic carbocycles. The highest BCUT2D eigenvalue weighted by atomic mass is 35.5. The van der Waals surface area contributed by atoms with E-state index in [1.807, 2.05) is 0 Å². The third kappa shape index (κ3) is 5.99. The van der Waals surface area contributed by atoms with Crippen LogP contribution in [-0.4, -0.2) is 44.4 Å². The molecule has 1 saturated heterocycles. The molecule has 0 unspecified atom stereocenters. The summed E-state index contributed by atoms with van der Waals surface area (Å²) in [6.45, 7) is 0.569. The maximum absolute atomic E-state index is 13.2. The number of hydrogen-bond donors (Lipinski definition) is 1. The summed E-state index contributed by atoms with van der Waals surface area (Å²) < 4.78 is 46.0. The predicted molar refractivity (Wildman–Crippen MR) is 107 cm³/mol. The van der Waals surface area contributed by atoms with Gasteiger partial charge in [-0.15, -0.1) is 0 Å². The molecule has 0 aromatic heterocycles. The Bertz CT molecular complexity index is 930. The van der Waals surface area contributed by atoms with Crippen molar-refractivity contribution in [2.24, 2.45) is 0 Å². The van der Waals surface area contributed by atoms with Crippen molar-refractivity contribution in [2.45, 2.75) is 30.4 Å². The zero-order valence-electron chi connectivity index (χ0n) is 15.7. The Morgan fingerprint density at radius 3 is 2.48 bits per heavy atom. The van der Waals surface area contributed by atoms with Crippen molar-refractivity contribution in [3.8, 4) is 0 Å². The number of halogens is 2. The van der Waals surface area contributed by atoms with Crippen molar-refractivity contribution in [2.75, 3.05) is 19.7 Å². The number of hydrogen-bond acceptors (Lipinski definition) is 4. The lowest BCUT2D eigenvalue weighted by Crippen LogP contribution is -2.42. The number of carbonyl (C=O) groups excluding carboxylic acids is 1. The molecule has 6 nitrogen and oxygen atoms in total. The third-order valence-corrected chi connectivity index (χ3v) is 6.65. The highest BCUT2D eigenvalue weighted by Gasteiger charge is 2.27. The van der Waals surface area contributed by atoms with E-state index in [2.05, 4.69) is 5.32 Å². The van der Waals surface area contributed by atoms with Crippen molar-refractivity contribution >= 4 is 27.5 Å². The van der Waals surface area contributed by atoms with Crippen LogP contribution < -0.4 is 5.32 Å². The van der Waals surface area contributed by atoms with Gasteiger partial charge in [-0.3, -0.25) is 4.79 Å². The maximum Gasteiger partial charge on any atom is 0.243 e. The molecule has 1 atom stereocenters. The van der Waals surface area contributed by atoms with Crippen LogP contribution in [0.1, 0.15) is 18.4 Å². The van der Waals surface area contributed by atoms with Crippen LogP contribution in [0, 0.1) is 5.82 Å². The van der Waals surface area contributed by atoms with E-state index >= 15 is 0 Å². The molecule has 0 saturated carbocycles. The molecule has 1 amide bonds. The summed E-state index contributed by atoms with van der Waals surface area (Å²) >= 11 is 5.85. The topological polar surface area (TPSA) is 75.7 Å². The molecule has 1 fully saturated rings. The van der Waals surface area contributed by atoms with Gasteiger partial charge >= 0.3 is 0 Å². The average Bonchev–Trinajstić information content (AvgIpc) is 3.21. The molecule has 3 rings (SSSR count). The van der Waals surface area contributed by atoms with Crippen LogP contribution in [-0.2, 0) is 26.1 Å². The summed E-state index contributed by atoms with van der Waals surface area (Å²) in [6.07, 6.45) is 1.77. The first-order valence-electron chi connectivity index (χ1n) is 9.23. The van der Waals surface area contributed by atoms with Gasteiger partial charge in [0.2, 0.25) is 15.9 Å². The molecule has 2 aromatic rings. The van der Waals surface area contributed by atoms with Gasteiger partial charge in [-0.2, -0.15) is 4.31 Å². The van der Waals surface area contributed by atoms with Crippen LogP contribution in [0.25, 0.3) is 0 Å². The van der Waals surface area contributed by atoms with Gasteiger partial charge in [-0.05, 0) is 54.8 Å². The van der Waals surface area contributed by atoms with E-state index in [0.717, 1.165) is 17.1 Å². The molecule has 9 heteroatoms. The number of rotatable bonds is 8. The van der Waals surface area contributed by atoms with Crippen LogP contribution in [0.15, 0.2) is 53.4 Å². The van der Waals surface area contributed by atoms with Crippen molar-refractivity contribution in [3.63, 3.8) is 0 Å². The second-order valence-corrected chi connectivity index (χ2v) is 9.17. The zero-order valence-corrected chi connectivity index (χ0v) is 17.3. The number of sulfonamides is 1. The summed E-state index contributed by atoms with van der Waals surface area (Å²) in [7, 11) is -3.97. The lowest BCUT2D eigenvalue weighted by molar-refractivity contribution is -0.121. The van der Waals surface area contributed by atoms with E-state index < -0.39 is 21.7 Å². The Hall–Kier alpha value is -2.00. The van der Waals surface area contributed by atoms with E-state index in [4.69, 9.17) is 16.3 Å². The molecule has 1 aliphatic heterocycles. The monoisotopic (exact) mass is 440 g/mol. The van der Waals surface area contributed by atoms with Crippen molar-refractivity contribution in [3.05, 3.63) is 64.9 Å². The standard InChI is InChI=1S/C20H22ClFN2O4S/c21-16-5-9-19(10-6-16)29(26,27)24(13-15-3-7-17(22)8-4-15)14-20(25)23-12-18-2-1-11-28-18/h3-10,18H,1-2,11-14H2,(H,23,25)/t18-/m0/s1. The second kappa shape index (κ2) is 9.67. The summed E-state index contributed by atoms with van der Waals surface area (Å²) in [5.41, 5.74) is 0.566. The molecule has 156 valence electrons. The van der Waals surface area contributed by atoms with Gasteiger partial charge in [0.15, 0.2) is 0 Å². The second-order valence-electron chi connectivity index (χ2n) is 6.79. The third-order valence-electron chi connectivity index (χ3n) is 4.59. The number of ether oxygens (including phenoxy) is 1. The Kier molecular flexibility index (Phi) is 7.23. The zero-order chi connectivity index (χ0) is 20.9. The highest BCUT2D eigenvalue weighted by molar-refractivity contribution is 7.89. The number of nitrogens with zero attached hydrogens (tertiary/aromatic N) is 1. The quantitative estimate of drug-likeness (QED) is 0.684. The van der Waals surface area contributed by atoms with E-state index in [1.54, 1.807) is 0 Å². The minimum Gasteiger partial charge on any atom is -0.376 e. The molecule has 0 radical (unpaired) electrons. The van der Waals surface area contributed by atoms with Crippen molar-refractivity contribution in [1.29, 1.82) is 0 Å². The van der Waals surface area contributed by atoms with E-state index in [0.29, 0.717) is 23.7 Å². The summed E-state index contributed by atoms with van der Waals surface area (Å²) in [4.78, 5) is 12.5. The van der Waals surface area contributed by atoms with Gasteiger partial charge in [0, 0.05) is 24.7 Å². The van der Waals surface area contributed by atoms with Crippen LogP contribution in [0.3, 0.4) is 0 Å². The highest BCUT2D eigenvalue weighted by Crippen LogP contribution is 2.21. The maximum atomic E-state index is 13.2. The number of amides is 1. The smallest absolute Gasteiger partial charge is 0.243 e. The van der Waals surface area contributed by atoms with Crippen LogP contribution in [0.4, 0.5) is 4.39 Å². The number of benzene rings is 2. The predicted octanol–water partition coefficient (Wildman–Crippen LogP) is 2.97. The lowest BCUT2D eigenvalue weighted by Gasteiger charge is -2.22. The van der Waals surface area contributed by atoms with E-state index in [1.165, 1.54) is 48.5 Å². The fraction of sp³-hybridized carbons (Fsp3) is 0.350. The van der Waals surface area contributed by atoms with Crippen LogP contribution in [0.2, 0.25) is 5.02 Å². The molecule has 0 bridgehead atoms. The first-order valence-corrected chi connectivity index (χ1v) is 11.0. The number of carbonyl (C=O) groups is 1. The van der Waals surface area contributed by atoms with E-state index in [9.17, 15) is 17.6 Å². The minimum atomic E-state index is -3.97. The summed E-state index contributed by atoms with van der Waals surface area (Å²) in [5, 5.41) is 3.14. The van der Waals surface area contributed by atoms with Gasteiger partial charge in [0.05, 0.1) is 17.5 Å². The molecule has 1 N–H and O–H groups in total. The minimum absolute atomic E-state index is 0.0240. The average molecular weight is 441 g/mol. The fourth-order valence-corrected chi connectivity index (χ4v) is 4.53. The van der Waals surface area contributed by atoms with Gasteiger partial charge in [0.1, 0.15) is 5.82 Å². The summed E-state index contributed by atoms with van der Waals surface area (Å²) in [5.74, 6) is -0.852. The largest absolute Gasteiger partial charge is 0.376 e. The van der Waals surface area contributed by atoms with Gasteiger partial charge in [0.25, 0.3) is 0 Å². The summed E-state index contributed by atoms with van der Waals surface area (Å²) in [6, 6.07) is 11.2. The molecule has 1 heterocycles. The van der Waals surface area contributed by atoms with Crippen molar-refractivity contribution < 1.29 is 22.3 Å². The lowest BCUT2D eigenvalue weighted by atomic mass is 10.2. The fourth-order valence-electron chi connectivity index (χ4n) is 3.02. The Labute approximate surface area is 174 Å². The van der Waals surface area contributed by atoms with Gasteiger partial charge < -0.3 is 10.1 Å². The Balaban J connectivity index is 1.77. The molecular formula is C20H22ClFN2O4S. The first-order chi connectivity index (χ1) is 13.8. The number of nitrogens with one attached hydrogen (secondary N) is 1. The Morgan fingerprint density at radius 1 is 1.17 bits per heavy atom.